The third-order valence-corrected chi connectivity index (χ3v) is 8.74. The topological polar surface area (TPSA) is 67.6 Å². The number of aromatic nitrogens is 2. The van der Waals surface area contributed by atoms with Crippen molar-refractivity contribution >= 4 is 5.91 Å². The number of hydrogen-bond acceptors (Lipinski definition) is 4. The summed E-state index contributed by atoms with van der Waals surface area (Å²) in [5.74, 6) is 2.33. The van der Waals surface area contributed by atoms with Crippen molar-refractivity contribution < 1.29 is 14.6 Å². The van der Waals surface area contributed by atoms with Crippen molar-refractivity contribution in [1.82, 2.24) is 14.7 Å². The Hall–Kier alpha value is -2.34. The molecular formula is C26H33N3O3. The summed E-state index contributed by atoms with van der Waals surface area (Å²) < 4.78 is 7.51. The number of fused-ring (bicyclic) bond motifs is 1. The number of rotatable bonds is 3. The molecule has 170 valence electrons. The van der Waals surface area contributed by atoms with E-state index in [4.69, 9.17) is 9.84 Å². The summed E-state index contributed by atoms with van der Waals surface area (Å²) in [6, 6.07) is 8.09. The molecule has 3 unspecified atom stereocenters. The molecule has 4 fully saturated rings. The first-order chi connectivity index (χ1) is 15.3. The SMILES string of the molecule is COc1ccccc1-n1ncc2c1C(C)(C)CCN(C1[C@@H]3CC4C[C@H]1CC(O)(C4)C3)C2=O. The minimum absolute atomic E-state index is 0.108. The maximum Gasteiger partial charge on any atom is 0.257 e. The van der Waals surface area contributed by atoms with Crippen molar-refractivity contribution in [3.63, 3.8) is 0 Å². The Balaban J connectivity index is 1.41. The second-order valence-corrected chi connectivity index (χ2v) is 11.3. The summed E-state index contributed by atoms with van der Waals surface area (Å²) >= 11 is 0. The molecule has 1 amide bonds. The van der Waals surface area contributed by atoms with Crippen LogP contribution in [0.25, 0.3) is 5.69 Å². The van der Waals surface area contributed by atoms with Gasteiger partial charge in [-0.1, -0.05) is 26.0 Å². The molecule has 0 spiro atoms. The maximum atomic E-state index is 14.0. The highest BCUT2D eigenvalue weighted by Gasteiger charge is 2.57. The molecule has 6 nitrogen and oxygen atoms in total. The van der Waals surface area contributed by atoms with Gasteiger partial charge in [0.15, 0.2) is 0 Å². The van der Waals surface area contributed by atoms with Gasteiger partial charge in [-0.3, -0.25) is 4.79 Å². The van der Waals surface area contributed by atoms with Gasteiger partial charge in [0, 0.05) is 18.0 Å². The largest absolute Gasteiger partial charge is 0.494 e. The molecule has 4 saturated carbocycles. The monoisotopic (exact) mass is 435 g/mol. The Morgan fingerprint density at radius 1 is 1.12 bits per heavy atom. The molecule has 4 aliphatic carbocycles. The first-order valence-corrected chi connectivity index (χ1v) is 12.0. The van der Waals surface area contributed by atoms with E-state index in [0.29, 0.717) is 23.3 Å². The number of aliphatic hydroxyl groups is 1. The number of para-hydroxylation sites is 2. The fourth-order valence-corrected chi connectivity index (χ4v) is 7.67. The molecule has 0 saturated heterocycles. The van der Waals surface area contributed by atoms with E-state index in [9.17, 15) is 9.90 Å². The zero-order valence-electron chi connectivity index (χ0n) is 19.3. The highest BCUT2D eigenvalue weighted by atomic mass is 16.5. The molecule has 32 heavy (non-hydrogen) atoms. The molecule has 7 rings (SSSR count). The number of carbonyl (C=O) groups excluding carboxylic acids is 1. The van der Waals surface area contributed by atoms with Crippen LogP contribution >= 0.6 is 0 Å². The number of nitrogens with zero attached hydrogens (tertiary/aromatic N) is 3. The van der Waals surface area contributed by atoms with E-state index in [1.54, 1.807) is 13.3 Å². The van der Waals surface area contributed by atoms with Crippen LogP contribution in [0.2, 0.25) is 0 Å². The lowest BCUT2D eigenvalue weighted by Gasteiger charge is -2.60. The number of amides is 1. The smallest absolute Gasteiger partial charge is 0.257 e. The van der Waals surface area contributed by atoms with E-state index in [2.05, 4.69) is 18.7 Å². The van der Waals surface area contributed by atoms with Gasteiger partial charge in [0.25, 0.3) is 5.91 Å². The van der Waals surface area contributed by atoms with Gasteiger partial charge in [0.1, 0.15) is 11.4 Å². The number of methoxy groups -OCH3 is 1. The predicted molar refractivity (Wildman–Crippen MR) is 121 cm³/mol. The van der Waals surface area contributed by atoms with E-state index in [0.717, 1.165) is 62.2 Å². The standard InChI is InChI=1S/C26H33N3O3/c1-25(2)8-9-28(22-17-10-16-11-18(22)14-26(31,12-16)13-17)24(30)19-15-27-29(23(19)25)20-6-4-5-7-21(20)32-3/h4-7,15-18,22,31H,8-14H2,1-3H3/t16?,17-,18+,22?,26?. The first-order valence-electron chi connectivity index (χ1n) is 12.0. The summed E-state index contributed by atoms with van der Waals surface area (Å²) in [4.78, 5) is 16.2. The minimum Gasteiger partial charge on any atom is -0.494 e. The molecule has 1 aliphatic heterocycles. The van der Waals surface area contributed by atoms with Crippen molar-refractivity contribution in [3.05, 3.63) is 41.7 Å². The van der Waals surface area contributed by atoms with Gasteiger partial charge >= 0.3 is 0 Å². The molecule has 1 aromatic carbocycles. The van der Waals surface area contributed by atoms with Crippen molar-refractivity contribution in [2.45, 2.75) is 69.4 Å². The molecule has 2 heterocycles. The fraction of sp³-hybridized carbons (Fsp3) is 0.615. The molecule has 5 aliphatic rings. The molecule has 6 heteroatoms. The van der Waals surface area contributed by atoms with Gasteiger partial charge < -0.3 is 14.7 Å². The quantitative estimate of drug-likeness (QED) is 0.793. The third kappa shape index (κ3) is 2.88. The predicted octanol–water partition coefficient (Wildman–Crippen LogP) is 3.94. The van der Waals surface area contributed by atoms with Crippen LogP contribution in [-0.4, -0.2) is 51.0 Å². The fourth-order valence-electron chi connectivity index (χ4n) is 7.67. The van der Waals surface area contributed by atoms with Crippen LogP contribution in [0, 0.1) is 17.8 Å². The van der Waals surface area contributed by atoms with E-state index in [-0.39, 0.29) is 17.4 Å². The summed E-state index contributed by atoms with van der Waals surface area (Å²) in [6.07, 6.45) is 7.62. The summed E-state index contributed by atoms with van der Waals surface area (Å²) in [5.41, 5.74) is 1.85. The first kappa shape index (κ1) is 20.3. The molecule has 1 aromatic heterocycles. The molecule has 1 N–H and O–H groups in total. The zero-order valence-corrected chi connectivity index (χ0v) is 19.3. The molecule has 5 atom stereocenters. The van der Waals surface area contributed by atoms with Gasteiger partial charge in [-0.25, -0.2) is 4.68 Å². The molecule has 2 aromatic rings. The molecule has 0 radical (unpaired) electrons. The third-order valence-electron chi connectivity index (χ3n) is 8.74. The van der Waals surface area contributed by atoms with Crippen LogP contribution in [0.1, 0.15) is 68.4 Å². The number of carbonyl (C=O) groups is 1. The number of benzene rings is 1. The minimum atomic E-state index is -0.485. The van der Waals surface area contributed by atoms with Crippen LogP contribution in [0.4, 0.5) is 0 Å². The second kappa shape index (κ2) is 6.83. The zero-order chi connectivity index (χ0) is 22.3. The van der Waals surface area contributed by atoms with Crippen LogP contribution in [0.15, 0.2) is 30.5 Å². The van der Waals surface area contributed by atoms with Gasteiger partial charge in [0.2, 0.25) is 0 Å². The van der Waals surface area contributed by atoms with Crippen molar-refractivity contribution in [1.29, 1.82) is 0 Å². The van der Waals surface area contributed by atoms with E-state index in [1.807, 2.05) is 28.9 Å². The van der Waals surface area contributed by atoms with Gasteiger partial charge in [-0.2, -0.15) is 5.10 Å². The average molecular weight is 436 g/mol. The van der Waals surface area contributed by atoms with E-state index < -0.39 is 5.60 Å². The Kier molecular flexibility index (Phi) is 4.33. The Morgan fingerprint density at radius 2 is 1.84 bits per heavy atom. The lowest BCUT2D eigenvalue weighted by atomic mass is 9.52. The lowest BCUT2D eigenvalue weighted by molar-refractivity contribution is -0.154. The normalized spacial score (nSPS) is 35.0. The van der Waals surface area contributed by atoms with Crippen LogP contribution < -0.4 is 4.74 Å². The summed E-state index contributed by atoms with van der Waals surface area (Å²) in [5, 5.41) is 15.7. The van der Waals surface area contributed by atoms with Crippen molar-refractivity contribution in [2.24, 2.45) is 17.8 Å². The van der Waals surface area contributed by atoms with E-state index >= 15 is 0 Å². The van der Waals surface area contributed by atoms with E-state index in [1.165, 1.54) is 0 Å². The summed E-state index contributed by atoms with van der Waals surface area (Å²) in [7, 11) is 1.67. The highest BCUT2D eigenvalue weighted by molar-refractivity contribution is 5.96. The number of ether oxygens (including phenoxy) is 1. The van der Waals surface area contributed by atoms with Gasteiger partial charge in [0.05, 0.1) is 30.2 Å². The summed E-state index contributed by atoms with van der Waals surface area (Å²) in [6.45, 7) is 5.19. The van der Waals surface area contributed by atoms with Crippen molar-refractivity contribution in [3.8, 4) is 11.4 Å². The lowest BCUT2D eigenvalue weighted by Crippen LogP contribution is -2.62. The van der Waals surface area contributed by atoms with Crippen LogP contribution in [0.5, 0.6) is 5.75 Å². The van der Waals surface area contributed by atoms with Crippen molar-refractivity contribution in [2.75, 3.05) is 13.7 Å². The van der Waals surface area contributed by atoms with Crippen LogP contribution in [-0.2, 0) is 5.41 Å². The van der Waals surface area contributed by atoms with Gasteiger partial charge in [-0.15, -0.1) is 0 Å². The Bertz CT molecular complexity index is 1060. The number of hydrogen-bond donors (Lipinski definition) is 1. The second-order valence-electron chi connectivity index (χ2n) is 11.3. The maximum absolute atomic E-state index is 14.0. The Morgan fingerprint density at radius 3 is 2.53 bits per heavy atom. The molecule has 4 bridgehead atoms. The molecular weight excluding hydrogens is 402 g/mol. The highest BCUT2D eigenvalue weighted by Crippen LogP contribution is 2.57. The van der Waals surface area contributed by atoms with Gasteiger partial charge in [-0.05, 0) is 68.4 Å². The van der Waals surface area contributed by atoms with Crippen LogP contribution in [0.3, 0.4) is 0 Å². The Labute approximate surface area is 189 Å². The average Bonchev–Trinajstić information content (AvgIpc) is 3.16.